The van der Waals surface area contributed by atoms with Crippen LogP contribution < -0.4 is 10.6 Å². The van der Waals surface area contributed by atoms with Gasteiger partial charge < -0.3 is 15.5 Å². The molecule has 2 aromatic rings. The molecule has 2 aromatic carbocycles. The number of anilines is 2. The Morgan fingerprint density at radius 1 is 0.867 bits per heavy atom. The van der Waals surface area contributed by atoms with E-state index in [0.717, 1.165) is 31.6 Å². The minimum Gasteiger partial charge on any atom is -0.324 e. The average molecular weight is 407 g/mol. The zero-order valence-electron chi connectivity index (χ0n) is 17.3. The van der Waals surface area contributed by atoms with Crippen LogP contribution in [0, 0.1) is 0 Å². The maximum absolute atomic E-state index is 12.8. The molecule has 0 spiro atoms. The number of likely N-dealkylation sites (tertiary alicyclic amines) is 2. The monoisotopic (exact) mass is 406 g/mol. The number of hydrogen-bond acceptors (Lipinski definition) is 4. The lowest BCUT2D eigenvalue weighted by atomic mass is 10.1. The van der Waals surface area contributed by atoms with Crippen molar-refractivity contribution in [3.05, 3.63) is 60.2 Å². The minimum absolute atomic E-state index is 0.0664. The fraction of sp³-hybridized carbons (Fsp3) is 0.417. The highest BCUT2D eigenvalue weighted by Crippen LogP contribution is 2.21. The van der Waals surface area contributed by atoms with Crippen LogP contribution in [0.3, 0.4) is 0 Å². The Morgan fingerprint density at radius 2 is 1.60 bits per heavy atom. The van der Waals surface area contributed by atoms with Crippen molar-refractivity contribution >= 4 is 23.2 Å². The van der Waals surface area contributed by atoms with Crippen molar-refractivity contribution in [3.63, 3.8) is 0 Å². The van der Waals surface area contributed by atoms with Crippen molar-refractivity contribution in [2.45, 2.75) is 31.7 Å². The first-order chi connectivity index (χ1) is 14.7. The van der Waals surface area contributed by atoms with Gasteiger partial charge in [0, 0.05) is 18.3 Å². The molecule has 2 aliphatic heterocycles. The van der Waals surface area contributed by atoms with Crippen molar-refractivity contribution < 1.29 is 9.59 Å². The lowest BCUT2D eigenvalue weighted by Crippen LogP contribution is -2.42. The molecule has 0 aliphatic carbocycles. The summed E-state index contributed by atoms with van der Waals surface area (Å²) in [7, 11) is 0. The van der Waals surface area contributed by atoms with Crippen LogP contribution in [0.5, 0.6) is 0 Å². The molecule has 2 N–H and O–H groups in total. The molecule has 4 rings (SSSR count). The van der Waals surface area contributed by atoms with Gasteiger partial charge in [0.15, 0.2) is 0 Å². The van der Waals surface area contributed by atoms with Gasteiger partial charge in [-0.3, -0.25) is 14.5 Å². The average Bonchev–Trinajstić information content (AvgIpc) is 3.42. The van der Waals surface area contributed by atoms with Crippen LogP contribution in [0.15, 0.2) is 54.6 Å². The fourth-order valence-corrected chi connectivity index (χ4v) is 4.46. The highest BCUT2D eigenvalue weighted by atomic mass is 16.2. The first-order valence-electron chi connectivity index (χ1n) is 10.9. The highest BCUT2D eigenvalue weighted by Gasteiger charge is 2.29. The largest absolute Gasteiger partial charge is 0.324 e. The molecule has 2 amide bonds. The molecule has 0 radical (unpaired) electrons. The van der Waals surface area contributed by atoms with Crippen molar-refractivity contribution in [1.82, 2.24) is 9.80 Å². The Bertz CT molecular complexity index is 865. The Hall–Kier alpha value is -2.70. The summed E-state index contributed by atoms with van der Waals surface area (Å²) in [5.74, 6) is -0.298. The molecule has 6 nitrogen and oxygen atoms in total. The van der Waals surface area contributed by atoms with E-state index in [0.29, 0.717) is 23.8 Å². The second-order valence-corrected chi connectivity index (χ2v) is 8.19. The molecule has 2 heterocycles. The third kappa shape index (κ3) is 5.26. The quantitative estimate of drug-likeness (QED) is 0.739. The third-order valence-electron chi connectivity index (χ3n) is 5.99. The molecule has 158 valence electrons. The second kappa shape index (κ2) is 9.87. The Morgan fingerprint density at radius 3 is 2.40 bits per heavy atom. The van der Waals surface area contributed by atoms with Crippen molar-refractivity contribution in [3.8, 4) is 0 Å². The molecular formula is C24H30N4O2. The van der Waals surface area contributed by atoms with E-state index in [-0.39, 0.29) is 11.8 Å². The van der Waals surface area contributed by atoms with E-state index in [1.54, 1.807) is 12.1 Å². The van der Waals surface area contributed by atoms with Gasteiger partial charge in [-0.2, -0.15) is 0 Å². The van der Waals surface area contributed by atoms with E-state index < -0.39 is 0 Å². The number of rotatable bonds is 7. The van der Waals surface area contributed by atoms with Crippen LogP contribution >= 0.6 is 0 Å². The fourth-order valence-electron chi connectivity index (χ4n) is 4.46. The van der Waals surface area contributed by atoms with Gasteiger partial charge in [0.05, 0.1) is 17.8 Å². The molecule has 1 unspecified atom stereocenters. The summed E-state index contributed by atoms with van der Waals surface area (Å²) in [5.41, 5.74) is 1.74. The van der Waals surface area contributed by atoms with Gasteiger partial charge in [-0.1, -0.05) is 30.3 Å². The number of para-hydroxylation sites is 2. The van der Waals surface area contributed by atoms with Crippen molar-refractivity contribution in [2.75, 3.05) is 43.4 Å². The molecule has 0 saturated carbocycles. The SMILES string of the molecule is O=C(CN1CCCC1CN1CCCC1)Nc1ccccc1C(=O)Nc1ccccc1. The summed E-state index contributed by atoms with van der Waals surface area (Å²) in [4.78, 5) is 30.3. The Balaban J connectivity index is 1.36. The van der Waals surface area contributed by atoms with E-state index in [2.05, 4.69) is 20.4 Å². The maximum Gasteiger partial charge on any atom is 0.257 e. The van der Waals surface area contributed by atoms with Crippen LogP contribution in [0.2, 0.25) is 0 Å². The number of amides is 2. The Kier molecular flexibility index (Phi) is 6.77. The molecule has 2 fully saturated rings. The molecule has 0 aromatic heterocycles. The van der Waals surface area contributed by atoms with Gasteiger partial charge in [-0.05, 0) is 69.6 Å². The van der Waals surface area contributed by atoms with Crippen LogP contribution in [0.25, 0.3) is 0 Å². The van der Waals surface area contributed by atoms with E-state index in [9.17, 15) is 9.59 Å². The van der Waals surface area contributed by atoms with Crippen molar-refractivity contribution in [1.29, 1.82) is 0 Å². The highest BCUT2D eigenvalue weighted by molar-refractivity contribution is 6.10. The van der Waals surface area contributed by atoms with E-state index >= 15 is 0 Å². The second-order valence-electron chi connectivity index (χ2n) is 8.19. The first kappa shape index (κ1) is 20.6. The first-order valence-corrected chi connectivity index (χ1v) is 10.9. The smallest absolute Gasteiger partial charge is 0.257 e. The normalized spacial score (nSPS) is 19.7. The summed E-state index contributed by atoms with van der Waals surface area (Å²) in [6.45, 7) is 4.75. The molecule has 6 heteroatoms. The zero-order chi connectivity index (χ0) is 20.8. The summed E-state index contributed by atoms with van der Waals surface area (Å²) in [5, 5.41) is 5.85. The van der Waals surface area contributed by atoms with Gasteiger partial charge in [0.25, 0.3) is 5.91 Å². The van der Waals surface area contributed by atoms with Gasteiger partial charge in [0.2, 0.25) is 5.91 Å². The van der Waals surface area contributed by atoms with Gasteiger partial charge in [-0.25, -0.2) is 0 Å². The standard InChI is InChI=1S/C24H30N4O2/c29-23(18-28-16-8-11-20(28)17-27-14-6-7-15-27)26-22-13-5-4-12-21(22)24(30)25-19-9-2-1-3-10-19/h1-5,9-10,12-13,20H,6-8,11,14-18H2,(H,25,30)(H,26,29). The molecule has 2 aliphatic rings. The third-order valence-corrected chi connectivity index (χ3v) is 5.99. The number of nitrogens with one attached hydrogen (secondary N) is 2. The van der Waals surface area contributed by atoms with Crippen LogP contribution in [-0.4, -0.2) is 60.4 Å². The van der Waals surface area contributed by atoms with Crippen LogP contribution in [-0.2, 0) is 4.79 Å². The summed E-state index contributed by atoms with van der Waals surface area (Å²) >= 11 is 0. The lowest BCUT2D eigenvalue weighted by Gasteiger charge is -2.28. The van der Waals surface area contributed by atoms with Crippen LogP contribution in [0.4, 0.5) is 11.4 Å². The lowest BCUT2D eigenvalue weighted by molar-refractivity contribution is -0.117. The minimum atomic E-state index is -0.231. The number of nitrogens with zero attached hydrogens (tertiary/aromatic N) is 2. The van der Waals surface area contributed by atoms with Gasteiger partial charge in [-0.15, -0.1) is 0 Å². The molecule has 0 bridgehead atoms. The van der Waals surface area contributed by atoms with Crippen LogP contribution in [0.1, 0.15) is 36.0 Å². The number of carbonyl (C=O) groups is 2. The number of carbonyl (C=O) groups excluding carboxylic acids is 2. The van der Waals surface area contributed by atoms with Crippen molar-refractivity contribution in [2.24, 2.45) is 0 Å². The predicted octanol–water partition coefficient (Wildman–Crippen LogP) is 3.44. The zero-order valence-corrected chi connectivity index (χ0v) is 17.3. The van der Waals surface area contributed by atoms with E-state index in [4.69, 9.17) is 0 Å². The van der Waals surface area contributed by atoms with E-state index in [1.807, 2.05) is 42.5 Å². The topological polar surface area (TPSA) is 64.7 Å². The maximum atomic E-state index is 12.8. The molecule has 30 heavy (non-hydrogen) atoms. The summed E-state index contributed by atoms with van der Waals surface area (Å²) < 4.78 is 0. The van der Waals surface area contributed by atoms with Gasteiger partial charge >= 0.3 is 0 Å². The number of benzene rings is 2. The summed E-state index contributed by atoms with van der Waals surface area (Å²) in [6, 6.07) is 16.9. The number of hydrogen-bond donors (Lipinski definition) is 2. The molecular weight excluding hydrogens is 376 g/mol. The van der Waals surface area contributed by atoms with Gasteiger partial charge in [0.1, 0.15) is 0 Å². The van der Waals surface area contributed by atoms with E-state index in [1.165, 1.54) is 25.9 Å². The predicted molar refractivity (Wildman–Crippen MR) is 120 cm³/mol. The molecule has 2 saturated heterocycles. The summed E-state index contributed by atoms with van der Waals surface area (Å²) in [6.07, 6.45) is 4.87. The Labute approximate surface area is 178 Å². The molecule has 1 atom stereocenters.